The Morgan fingerprint density at radius 1 is 1.03 bits per heavy atom. The smallest absolute Gasteiger partial charge is 0.229 e. The van der Waals surface area contributed by atoms with E-state index in [1.165, 1.54) is 6.42 Å². The number of anilines is 1. The van der Waals surface area contributed by atoms with Crippen molar-refractivity contribution >= 4 is 23.4 Å². The second-order valence-corrected chi connectivity index (χ2v) is 8.34. The van der Waals surface area contributed by atoms with Gasteiger partial charge in [0.25, 0.3) is 0 Å². The summed E-state index contributed by atoms with van der Waals surface area (Å²) in [7, 11) is 0. The van der Waals surface area contributed by atoms with Gasteiger partial charge < -0.3 is 21.3 Å². The van der Waals surface area contributed by atoms with E-state index in [0.29, 0.717) is 0 Å². The summed E-state index contributed by atoms with van der Waals surface area (Å²) in [6.45, 7) is 2.01. The molecule has 3 fully saturated rings. The van der Waals surface area contributed by atoms with Crippen molar-refractivity contribution in [2.75, 3.05) is 5.32 Å². The average molecular weight is 399 g/mol. The number of carbonyl (C=O) groups is 3. The van der Waals surface area contributed by atoms with Gasteiger partial charge in [0.1, 0.15) is 0 Å². The molecule has 5 N–H and O–H groups in total. The van der Waals surface area contributed by atoms with Gasteiger partial charge in [0.15, 0.2) is 6.29 Å². The van der Waals surface area contributed by atoms with Gasteiger partial charge in [-0.2, -0.15) is 0 Å². The van der Waals surface area contributed by atoms with Gasteiger partial charge in [0.2, 0.25) is 17.7 Å². The molecule has 2 heterocycles. The number of aryl methyl sites for hydroxylation is 1. The molecule has 4 atom stereocenters. The van der Waals surface area contributed by atoms with Crippen LogP contribution in [0.5, 0.6) is 0 Å². The first-order valence-corrected chi connectivity index (χ1v) is 10.5. The number of rotatable bonds is 4. The Labute approximate surface area is 170 Å². The largest absolute Gasteiger partial charge is 0.353 e. The van der Waals surface area contributed by atoms with Crippen molar-refractivity contribution in [3.8, 4) is 0 Å². The minimum Gasteiger partial charge on any atom is -0.353 e. The number of hydrogen-bond acceptors (Lipinski definition) is 5. The molecule has 0 spiro atoms. The van der Waals surface area contributed by atoms with Crippen molar-refractivity contribution in [3.05, 3.63) is 29.8 Å². The Morgan fingerprint density at radius 2 is 1.76 bits per heavy atom. The predicted octanol–water partition coefficient (Wildman–Crippen LogP) is 0.937. The molecule has 1 aromatic rings. The number of amides is 3. The van der Waals surface area contributed by atoms with Crippen LogP contribution in [0.25, 0.3) is 0 Å². The van der Waals surface area contributed by atoms with Gasteiger partial charge in [-0.05, 0) is 31.9 Å². The van der Waals surface area contributed by atoms with Crippen LogP contribution in [0.1, 0.15) is 44.1 Å². The molecule has 8 nitrogen and oxygen atoms in total. The van der Waals surface area contributed by atoms with Gasteiger partial charge in [-0.3, -0.25) is 19.7 Å². The van der Waals surface area contributed by atoms with Crippen molar-refractivity contribution in [2.24, 2.45) is 11.8 Å². The van der Waals surface area contributed by atoms with Crippen LogP contribution in [0.3, 0.4) is 0 Å². The summed E-state index contributed by atoms with van der Waals surface area (Å²) in [5.41, 5.74) is 1.99. The number of carbonyl (C=O) groups excluding carboxylic acids is 3. The summed E-state index contributed by atoms with van der Waals surface area (Å²) in [5, 5.41) is 15.2. The van der Waals surface area contributed by atoms with E-state index in [0.717, 1.165) is 36.9 Å². The summed E-state index contributed by atoms with van der Waals surface area (Å²) in [5.74, 6) is -1.94. The molecule has 156 valence electrons. The van der Waals surface area contributed by atoms with E-state index in [-0.39, 0.29) is 30.2 Å². The van der Waals surface area contributed by atoms with Gasteiger partial charge in [0, 0.05) is 18.2 Å². The van der Waals surface area contributed by atoms with Crippen molar-refractivity contribution < 1.29 is 14.4 Å². The molecule has 1 aromatic carbocycles. The van der Waals surface area contributed by atoms with Crippen molar-refractivity contribution in [1.82, 2.24) is 21.3 Å². The third kappa shape index (κ3) is 4.53. The number of hydrogen-bond donors (Lipinski definition) is 5. The van der Waals surface area contributed by atoms with Gasteiger partial charge in [0.05, 0.1) is 18.0 Å². The Hall–Kier alpha value is -2.61. The normalized spacial score (nSPS) is 30.0. The summed E-state index contributed by atoms with van der Waals surface area (Å²) < 4.78 is 0. The van der Waals surface area contributed by atoms with Crippen LogP contribution >= 0.6 is 0 Å². The second kappa shape index (κ2) is 8.41. The molecule has 1 saturated carbocycles. The third-order valence-electron chi connectivity index (χ3n) is 6.10. The standard InChI is InChI=1S/C21H29N5O3/c1-12-7-9-14(10-8-12)23-21-25-18-17(20(29)26-21)15(11-16(27)24-18)19(28)22-13-5-3-2-4-6-13/h7-10,13,15,17-18,21,23,25H,2-6,11H2,1H3,(H,22,28)(H,24,27)(H,26,29). The monoisotopic (exact) mass is 399 g/mol. The predicted molar refractivity (Wildman–Crippen MR) is 108 cm³/mol. The summed E-state index contributed by atoms with van der Waals surface area (Å²) >= 11 is 0. The van der Waals surface area contributed by atoms with Crippen LogP contribution in [0.4, 0.5) is 5.69 Å². The molecule has 0 bridgehead atoms. The average Bonchev–Trinajstić information content (AvgIpc) is 2.69. The lowest BCUT2D eigenvalue weighted by atomic mass is 9.80. The molecular weight excluding hydrogens is 370 g/mol. The van der Waals surface area contributed by atoms with Crippen LogP contribution < -0.4 is 26.6 Å². The molecule has 0 aromatic heterocycles. The molecule has 29 heavy (non-hydrogen) atoms. The van der Waals surface area contributed by atoms with Crippen LogP contribution in [0, 0.1) is 18.8 Å². The minimum absolute atomic E-state index is 0.0326. The second-order valence-electron chi connectivity index (χ2n) is 8.34. The SMILES string of the molecule is Cc1ccc(NC2NC(=O)C3C(NC(=O)CC3C(=O)NC3CCCCC3)N2)cc1. The maximum absolute atomic E-state index is 12.9. The van der Waals surface area contributed by atoms with Crippen LogP contribution in [-0.2, 0) is 14.4 Å². The summed E-state index contributed by atoms with van der Waals surface area (Å²) in [6, 6.07) is 7.95. The Bertz CT molecular complexity index is 775. The Kier molecular flexibility index (Phi) is 5.71. The zero-order valence-corrected chi connectivity index (χ0v) is 16.7. The van der Waals surface area contributed by atoms with Crippen molar-refractivity contribution in [3.63, 3.8) is 0 Å². The zero-order chi connectivity index (χ0) is 20.4. The first-order valence-electron chi connectivity index (χ1n) is 10.5. The fourth-order valence-corrected chi connectivity index (χ4v) is 4.53. The van der Waals surface area contributed by atoms with E-state index in [9.17, 15) is 14.4 Å². The highest BCUT2D eigenvalue weighted by atomic mass is 16.2. The fraction of sp³-hybridized carbons (Fsp3) is 0.571. The topological polar surface area (TPSA) is 111 Å². The number of benzene rings is 1. The highest BCUT2D eigenvalue weighted by Gasteiger charge is 2.48. The molecule has 1 aliphatic carbocycles. The third-order valence-corrected chi connectivity index (χ3v) is 6.10. The minimum atomic E-state index is -0.663. The quantitative estimate of drug-likeness (QED) is 0.517. The van der Waals surface area contributed by atoms with E-state index in [1.54, 1.807) is 0 Å². The van der Waals surface area contributed by atoms with E-state index in [4.69, 9.17) is 0 Å². The lowest BCUT2D eigenvalue weighted by Gasteiger charge is -2.43. The zero-order valence-electron chi connectivity index (χ0n) is 16.7. The highest BCUT2D eigenvalue weighted by Crippen LogP contribution is 2.28. The van der Waals surface area contributed by atoms with E-state index >= 15 is 0 Å². The lowest BCUT2D eigenvalue weighted by molar-refractivity contribution is -0.147. The highest BCUT2D eigenvalue weighted by molar-refractivity contribution is 5.94. The van der Waals surface area contributed by atoms with Crippen LogP contribution in [-0.4, -0.2) is 36.2 Å². The van der Waals surface area contributed by atoms with E-state index in [2.05, 4.69) is 26.6 Å². The van der Waals surface area contributed by atoms with Crippen LogP contribution in [0.15, 0.2) is 24.3 Å². The van der Waals surface area contributed by atoms with Crippen molar-refractivity contribution in [2.45, 2.75) is 63.9 Å². The van der Waals surface area contributed by atoms with E-state index in [1.807, 2.05) is 31.2 Å². The fourth-order valence-electron chi connectivity index (χ4n) is 4.53. The molecule has 4 rings (SSSR count). The van der Waals surface area contributed by atoms with Gasteiger partial charge in [-0.25, -0.2) is 0 Å². The van der Waals surface area contributed by atoms with Gasteiger partial charge in [-0.1, -0.05) is 37.0 Å². The molecule has 8 heteroatoms. The lowest BCUT2D eigenvalue weighted by Crippen LogP contribution is -2.72. The molecule has 0 radical (unpaired) electrons. The molecule has 3 aliphatic rings. The Balaban J connectivity index is 1.43. The maximum atomic E-state index is 12.9. The van der Waals surface area contributed by atoms with Crippen LogP contribution in [0.2, 0.25) is 0 Å². The summed E-state index contributed by atoms with van der Waals surface area (Å²) in [6.07, 6.45) is 4.25. The molecule has 2 aliphatic heterocycles. The summed E-state index contributed by atoms with van der Waals surface area (Å²) in [4.78, 5) is 38.0. The number of nitrogens with one attached hydrogen (secondary N) is 5. The first kappa shape index (κ1) is 19.7. The number of piperidine rings is 1. The molecule has 2 saturated heterocycles. The molecular formula is C21H29N5O3. The van der Waals surface area contributed by atoms with Gasteiger partial charge >= 0.3 is 0 Å². The molecule has 3 amide bonds. The first-order chi connectivity index (χ1) is 14.0. The van der Waals surface area contributed by atoms with Crippen molar-refractivity contribution in [1.29, 1.82) is 0 Å². The Morgan fingerprint density at radius 3 is 2.48 bits per heavy atom. The maximum Gasteiger partial charge on any atom is 0.229 e. The number of fused-ring (bicyclic) bond motifs is 1. The molecule has 4 unspecified atom stereocenters. The van der Waals surface area contributed by atoms with E-state index < -0.39 is 24.3 Å². The van der Waals surface area contributed by atoms with Gasteiger partial charge in [-0.15, -0.1) is 0 Å².